The Morgan fingerprint density at radius 2 is 1.95 bits per heavy atom. The van der Waals surface area contributed by atoms with E-state index in [9.17, 15) is 19.7 Å². The summed E-state index contributed by atoms with van der Waals surface area (Å²) in [5.74, 6) is -2.45. The van der Waals surface area contributed by atoms with Crippen LogP contribution in [0.3, 0.4) is 0 Å². The highest BCUT2D eigenvalue weighted by molar-refractivity contribution is 5.98. The number of carbonyl (C=O) groups is 2. The summed E-state index contributed by atoms with van der Waals surface area (Å²) in [6.07, 6.45) is 0.339. The Bertz CT molecular complexity index is 611. The van der Waals surface area contributed by atoms with Gasteiger partial charge in [0.25, 0.3) is 5.69 Å². The number of nitro groups is 1. The number of anilines is 1. The number of aryl methyl sites for hydroxylation is 2. The van der Waals surface area contributed by atoms with Crippen molar-refractivity contribution < 1.29 is 19.6 Å². The minimum atomic E-state index is -0.971. The zero-order valence-electron chi connectivity index (χ0n) is 11.0. The molecular weight excluding hydrogens is 264 g/mol. The lowest BCUT2D eigenvalue weighted by atomic mass is 10.1. The second kappa shape index (κ2) is 4.92. The first kappa shape index (κ1) is 14.0. The Labute approximate surface area is 114 Å². The van der Waals surface area contributed by atoms with E-state index in [1.54, 1.807) is 13.8 Å². The lowest BCUT2D eigenvalue weighted by molar-refractivity contribution is -0.385. The van der Waals surface area contributed by atoms with Gasteiger partial charge in [-0.05, 0) is 31.9 Å². The number of amides is 1. The molecule has 106 valence electrons. The van der Waals surface area contributed by atoms with Crippen molar-refractivity contribution in [1.29, 1.82) is 0 Å². The lowest BCUT2D eigenvalue weighted by Gasteiger charge is -2.09. The summed E-state index contributed by atoms with van der Waals surface area (Å²) in [4.78, 5) is 32.9. The number of hydrogen-bond acceptors (Lipinski definition) is 4. The van der Waals surface area contributed by atoms with Gasteiger partial charge in [0.15, 0.2) is 0 Å². The molecule has 0 aromatic heterocycles. The Morgan fingerprint density at radius 1 is 1.30 bits per heavy atom. The van der Waals surface area contributed by atoms with Crippen molar-refractivity contribution in [1.82, 2.24) is 0 Å². The van der Waals surface area contributed by atoms with Gasteiger partial charge in [0, 0.05) is 17.3 Å². The van der Waals surface area contributed by atoms with Gasteiger partial charge in [-0.15, -0.1) is 0 Å². The molecule has 0 spiro atoms. The fraction of sp³-hybridized carbons (Fsp3) is 0.385. The fourth-order valence-corrected chi connectivity index (χ4v) is 2.12. The summed E-state index contributed by atoms with van der Waals surface area (Å²) in [6.45, 7) is 3.24. The van der Waals surface area contributed by atoms with Crippen LogP contribution in [0.15, 0.2) is 12.1 Å². The van der Waals surface area contributed by atoms with Crippen molar-refractivity contribution in [3.8, 4) is 0 Å². The summed E-state index contributed by atoms with van der Waals surface area (Å²) in [5, 5.41) is 22.2. The summed E-state index contributed by atoms with van der Waals surface area (Å²) in [6, 6.07) is 2.93. The molecule has 1 aromatic carbocycles. The summed E-state index contributed by atoms with van der Waals surface area (Å²) >= 11 is 0. The highest BCUT2D eigenvalue weighted by atomic mass is 16.6. The Balaban J connectivity index is 2.15. The van der Waals surface area contributed by atoms with Crippen molar-refractivity contribution in [2.75, 3.05) is 5.32 Å². The highest BCUT2D eigenvalue weighted by Gasteiger charge is 2.48. The van der Waals surface area contributed by atoms with Crippen molar-refractivity contribution in [2.24, 2.45) is 11.8 Å². The van der Waals surface area contributed by atoms with Crippen LogP contribution in [-0.2, 0) is 9.59 Å². The topological polar surface area (TPSA) is 110 Å². The van der Waals surface area contributed by atoms with Gasteiger partial charge in [0.1, 0.15) is 0 Å². The van der Waals surface area contributed by atoms with E-state index < -0.39 is 22.7 Å². The Hall–Kier alpha value is -2.44. The van der Waals surface area contributed by atoms with Crippen LogP contribution >= 0.6 is 0 Å². The van der Waals surface area contributed by atoms with Crippen molar-refractivity contribution >= 4 is 23.3 Å². The molecule has 1 amide bonds. The molecule has 0 heterocycles. The largest absolute Gasteiger partial charge is 0.481 e. The molecule has 7 nitrogen and oxygen atoms in total. The number of carboxylic acid groups (broad SMARTS) is 1. The molecule has 2 unspecified atom stereocenters. The molecule has 1 saturated carbocycles. The van der Waals surface area contributed by atoms with Crippen LogP contribution in [-0.4, -0.2) is 21.9 Å². The van der Waals surface area contributed by atoms with E-state index >= 15 is 0 Å². The third kappa shape index (κ3) is 2.61. The van der Waals surface area contributed by atoms with Gasteiger partial charge in [-0.1, -0.05) is 0 Å². The van der Waals surface area contributed by atoms with Crippen molar-refractivity contribution in [2.45, 2.75) is 20.3 Å². The van der Waals surface area contributed by atoms with E-state index in [4.69, 9.17) is 5.11 Å². The van der Waals surface area contributed by atoms with Gasteiger partial charge in [-0.25, -0.2) is 0 Å². The van der Waals surface area contributed by atoms with Crippen LogP contribution in [0, 0.1) is 35.8 Å². The molecule has 2 atom stereocenters. The third-order valence-electron chi connectivity index (χ3n) is 3.44. The zero-order chi connectivity index (χ0) is 15.0. The van der Waals surface area contributed by atoms with Crippen LogP contribution < -0.4 is 5.32 Å². The minimum Gasteiger partial charge on any atom is -0.481 e. The summed E-state index contributed by atoms with van der Waals surface area (Å²) in [7, 11) is 0. The van der Waals surface area contributed by atoms with Crippen LogP contribution in [0.25, 0.3) is 0 Å². The number of nitrogens with zero attached hydrogens (tertiary/aromatic N) is 1. The van der Waals surface area contributed by atoms with E-state index in [0.717, 1.165) is 0 Å². The average Bonchev–Trinajstić information content (AvgIpc) is 3.13. The quantitative estimate of drug-likeness (QED) is 0.645. The first-order valence-electron chi connectivity index (χ1n) is 6.10. The maximum absolute atomic E-state index is 11.9. The molecule has 1 aliphatic carbocycles. The van der Waals surface area contributed by atoms with Gasteiger partial charge in [-0.2, -0.15) is 0 Å². The molecule has 0 bridgehead atoms. The maximum Gasteiger partial charge on any atom is 0.307 e. The van der Waals surface area contributed by atoms with Crippen molar-refractivity contribution in [3.63, 3.8) is 0 Å². The molecule has 0 aliphatic heterocycles. The molecule has 0 saturated heterocycles. The van der Waals surface area contributed by atoms with Crippen molar-refractivity contribution in [3.05, 3.63) is 33.4 Å². The monoisotopic (exact) mass is 278 g/mol. The summed E-state index contributed by atoms with van der Waals surface area (Å²) in [5.41, 5.74) is 1.49. The molecule has 7 heteroatoms. The van der Waals surface area contributed by atoms with E-state index in [1.807, 2.05) is 0 Å². The Kier molecular flexibility index (Phi) is 3.44. The predicted molar refractivity (Wildman–Crippen MR) is 70.4 cm³/mol. The zero-order valence-corrected chi connectivity index (χ0v) is 11.0. The van der Waals surface area contributed by atoms with Gasteiger partial charge >= 0.3 is 5.97 Å². The third-order valence-corrected chi connectivity index (χ3v) is 3.44. The normalized spacial score (nSPS) is 20.3. The Morgan fingerprint density at radius 3 is 2.45 bits per heavy atom. The van der Waals surface area contributed by atoms with E-state index in [2.05, 4.69) is 5.32 Å². The van der Waals surface area contributed by atoms with Gasteiger partial charge in [0.05, 0.1) is 16.8 Å². The minimum absolute atomic E-state index is 0.00432. The predicted octanol–water partition coefficient (Wildman–Crippen LogP) is 1.87. The molecule has 2 N–H and O–H groups in total. The van der Waals surface area contributed by atoms with Gasteiger partial charge in [0.2, 0.25) is 5.91 Å². The van der Waals surface area contributed by atoms with E-state index in [1.165, 1.54) is 12.1 Å². The van der Waals surface area contributed by atoms with Gasteiger partial charge in [-0.3, -0.25) is 19.7 Å². The fourth-order valence-electron chi connectivity index (χ4n) is 2.12. The molecule has 2 rings (SSSR count). The smallest absolute Gasteiger partial charge is 0.307 e. The SMILES string of the molecule is Cc1cc([N+](=O)[O-])c(C)cc1NC(=O)C1CC1C(=O)O. The number of nitro benzene ring substituents is 1. The second-order valence-electron chi connectivity index (χ2n) is 4.99. The standard InChI is InChI=1S/C13H14N2O5/c1-6-4-11(15(19)20)7(2)3-10(6)14-12(16)8-5-9(8)13(17)18/h3-4,8-9H,5H2,1-2H3,(H,14,16)(H,17,18). The van der Waals surface area contributed by atoms with E-state index in [0.29, 0.717) is 23.2 Å². The molecular formula is C13H14N2O5. The number of benzene rings is 1. The van der Waals surface area contributed by atoms with Crippen LogP contribution in [0.4, 0.5) is 11.4 Å². The molecule has 1 fully saturated rings. The number of carbonyl (C=O) groups excluding carboxylic acids is 1. The van der Waals surface area contributed by atoms with Gasteiger partial charge < -0.3 is 10.4 Å². The lowest BCUT2D eigenvalue weighted by Crippen LogP contribution is -2.17. The van der Waals surface area contributed by atoms with Crippen LogP contribution in [0.1, 0.15) is 17.5 Å². The van der Waals surface area contributed by atoms with E-state index in [-0.39, 0.29) is 11.6 Å². The highest BCUT2D eigenvalue weighted by Crippen LogP contribution is 2.39. The molecule has 1 aliphatic rings. The molecule has 0 radical (unpaired) electrons. The molecule has 20 heavy (non-hydrogen) atoms. The van der Waals surface area contributed by atoms with Crippen LogP contribution in [0.5, 0.6) is 0 Å². The summed E-state index contributed by atoms with van der Waals surface area (Å²) < 4.78 is 0. The molecule has 1 aromatic rings. The maximum atomic E-state index is 11.9. The number of nitrogens with one attached hydrogen (secondary N) is 1. The first-order valence-corrected chi connectivity index (χ1v) is 6.10. The number of carboxylic acids is 1. The average molecular weight is 278 g/mol. The second-order valence-corrected chi connectivity index (χ2v) is 4.99. The number of aliphatic carboxylic acids is 1. The first-order chi connectivity index (χ1) is 9.31. The van der Waals surface area contributed by atoms with Crippen LogP contribution in [0.2, 0.25) is 0 Å². The number of rotatable bonds is 4. The number of hydrogen-bond donors (Lipinski definition) is 2.